The van der Waals surface area contributed by atoms with Crippen LogP contribution in [0.5, 0.6) is 11.5 Å². The zero-order valence-electron chi connectivity index (χ0n) is 20.1. The molecule has 3 aliphatic rings. The van der Waals surface area contributed by atoms with Gasteiger partial charge in [-0.3, -0.25) is 9.59 Å². The highest BCUT2D eigenvalue weighted by atomic mass is 16.7. The molecule has 0 bridgehead atoms. The summed E-state index contributed by atoms with van der Waals surface area (Å²) < 4.78 is 49.0. The Labute approximate surface area is 173 Å². The van der Waals surface area contributed by atoms with Gasteiger partial charge in [-0.1, -0.05) is 24.3 Å². The molecule has 0 saturated carbocycles. The van der Waals surface area contributed by atoms with Crippen LogP contribution in [-0.2, 0) is 16.0 Å². The van der Waals surface area contributed by atoms with Crippen molar-refractivity contribution in [1.82, 2.24) is 14.8 Å². The molecule has 3 aliphatic heterocycles. The van der Waals surface area contributed by atoms with Crippen molar-refractivity contribution in [2.45, 2.75) is 18.5 Å². The maximum absolute atomic E-state index is 13.3. The number of nitrogens with zero attached hydrogens (tertiary/aromatic N) is 2. The molecule has 0 aliphatic carbocycles. The first-order chi connectivity index (χ1) is 16.0. The van der Waals surface area contributed by atoms with E-state index in [1.165, 1.54) is 4.90 Å². The molecule has 0 radical (unpaired) electrons. The van der Waals surface area contributed by atoms with Gasteiger partial charge in [0.2, 0.25) is 18.6 Å². The van der Waals surface area contributed by atoms with Crippen LogP contribution in [0.2, 0.25) is 0 Å². The van der Waals surface area contributed by atoms with Gasteiger partial charge in [0.25, 0.3) is 0 Å². The summed E-state index contributed by atoms with van der Waals surface area (Å²) in [6, 6.07) is 10.7. The minimum atomic E-state index is -2.72. The highest BCUT2D eigenvalue weighted by Crippen LogP contribution is 2.44. The van der Waals surface area contributed by atoms with E-state index in [2.05, 4.69) is 4.98 Å². The molecule has 6 rings (SSSR count). The van der Waals surface area contributed by atoms with Crippen molar-refractivity contribution >= 4 is 22.7 Å². The fourth-order valence-corrected chi connectivity index (χ4v) is 4.58. The predicted octanol–water partition coefficient (Wildman–Crippen LogP) is 2.21. The van der Waals surface area contributed by atoms with E-state index in [-0.39, 0.29) is 17.9 Å². The Morgan fingerprint density at radius 1 is 1.17 bits per heavy atom. The molecule has 146 valence electrons. The van der Waals surface area contributed by atoms with E-state index >= 15 is 0 Å². The Bertz CT molecular complexity index is 1370. The van der Waals surface area contributed by atoms with Gasteiger partial charge in [0, 0.05) is 34.1 Å². The van der Waals surface area contributed by atoms with Gasteiger partial charge in [0.05, 0.1) is 12.6 Å². The minimum absolute atomic E-state index is 0.181. The summed E-state index contributed by atoms with van der Waals surface area (Å²) >= 11 is 0. The molecule has 0 unspecified atom stereocenters. The maximum Gasteiger partial charge on any atom is 0.245 e. The Hall–Kier alpha value is -3.48. The largest absolute Gasteiger partial charge is 0.454 e. The third kappa shape index (κ3) is 2.24. The van der Waals surface area contributed by atoms with Gasteiger partial charge in [-0.05, 0) is 29.3 Å². The van der Waals surface area contributed by atoms with Crippen molar-refractivity contribution < 1.29 is 25.9 Å². The second-order valence-electron chi connectivity index (χ2n) is 7.40. The average Bonchev–Trinajstić information content (AvgIpc) is 3.28. The smallest absolute Gasteiger partial charge is 0.245 e. The molecule has 1 N–H and O–H groups in total. The molecule has 7 heteroatoms. The van der Waals surface area contributed by atoms with E-state index in [9.17, 15) is 9.59 Å². The van der Waals surface area contributed by atoms with Crippen molar-refractivity contribution in [3.8, 4) is 11.5 Å². The van der Waals surface area contributed by atoms with Crippen molar-refractivity contribution in [3.05, 3.63) is 59.3 Å². The Balaban J connectivity index is 1.53. The van der Waals surface area contributed by atoms with Crippen LogP contribution >= 0.6 is 0 Å². The van der Waals surface area contributed by atoms with Crippen molar-refractivity contribution in [1.29, 1.82) is 0 Å². The summed E-state index contributed by atoms with van der Waals surface area (Å²) in [5.74, 6) is -0.699. The third-order valence-electron chi connectivity index (χ3n) is 5.85. The van der Waals surface area contributed by atoms with E-state index in [1.54, 1.807) is 18.2 Å². The fourth-order valence-electron chi connectivity index (χ4n) is 4.58. The molecule has 3 aromatic rings. The van der Waals surface area contributed by atoms with E-state index in [4.69, 9.17) is 16.3 Å². The molecule has 1 saturated heterocycles. The van der Waals surface area contributed by atoms with Gasteiger partial charge < -0.3 is 24.3 Å². The number of benzene rings is 2. The Morgan fingerprint density at radius 3 is 2.93 bits per heavy atom. The number of carbonyl (C=O) groups is 2. The minimum Gasteiger partial charge on any atom is -0.454 e. The van der Waals surface area contributed by atoms with Gasteiger partial charge in [-0.25, -0.2) is 0 Å². The first-order valence-corrected chi connectivity index (χ1v) is 9.27. The standard InChI is InChI=1S/C22H19N3O4/c1-24-10-19(26)25-16(22(24)27)9-14-13-4-2-3-5-15(13)23-20(14)21(25)12-6-7-17-18(8-12)29-11-28-17/h2-8,16,21,23H,9-11H2,1H3/t16-,21-/m1/s1/i1D3,11D2. The Morgan fingerprint density at radius 2 is 2.03 bits per heavy atom. The number of para-hydroxylation sites is 1. The van der Waals surface area contributed by atoms with Crippen LogP contribution in [-0.4, -0.2) is 52.9 Å². The highest BCUT2D eigenvalue weighted by Gasteiger charge is 2.47. The van der Waals surface area contributed by atoms with Crippen LogP contribution in [0.4, 0.5) is 0 Å². The third-order valence-corrected chi connectivity index (χ3v) is 5.85. The average molecular weight is 394 g/mol. The number of rotatable bonds is 1. The second-order valence-corrected chi connectivity index (χ2v) is 7.40. The summed E-state index contributed by atoms with van der Waals surface area (Å²) in [5.41, 5.74) is 2.98. The zero-order valence-corrected chi connectivity index (χ0v) is 15.1. The van der Waals surface area contributed by atoms with E-state index in [1.807, 2.05) is 24.3 Å². The summed E-state index contributed by atoms with van der Waals surface area (Å²) in [5, 5.41) is 0.894. The number of aromatic nitrogens is 1. The quantitative estimate of drug-likeness (QED) is 0.687. The summed E-state index contributed by atoms with van der Waals surface area (Å²) in [6.45, 7) is -5.58. The topological polar surface area (TPSA) is 74.9 Å². The molecule has 1 fully saturated rings. The van der Waals surface area contributed by atoms with E-state index in [0.717, 1.165) is 22.2 Å². The Kier molecular flexibility index (Phi) is 2.42. The number of aromatic amines is 1. The summed E-state index contributed by atoms with van der Waals surface area (Å²) in [6.07, 6.45) is 0.181. The fraction of sp³-hybridized carbons (Fsp3) is 0.273. The SMILES string of the molecule is [2H]C1([2H])Oc2ccc([C@@H]3c4[nH]c5ccccc5c4C[C@@H]4C(=O)N(C([2H])([2H])[2H])CC(=O)N34)cc2O1. The van der Waals surface area contributed by atoms with Crippen LogP contribution < -0.4 is 9.47 Å². The number of fused-ring (bicyclic) bond motifs is 5. The first-order valence-electron chi connectivity index (χ1n) is 11.8. The number of hydrogen-bond donors (Lipinski definition) is 1. The second kappa shape index (κ2) is 5.76. The lowest BCUT2D eigenvalue weighted by Gasteiger charge is -2.46. The van der Waals surface area contributed by atoms with Crippen LogP contribution in [0.15, 0.2) is 42.5 Å². The molecular formula is C22H19N3O4. The van der Waals surface area contributed by atoms with E-state index in [0.29, 0.717) is 10.5 Å². The molecule has 29 heavy (non-hydrogen) atoms. The number of nitrogens with one attached hydrogen (secondary N) is 1. The van der Waals surface area contributed by atoms with E-state index < -0.39 is 44.2 Å². The number of likely N-dealkylation sites (N-methyl/N-ethyl adjacent to an activating group) is 1. The number of H-pyrrole nitrogens is 1. The normalized spacial score (nSPS) is 27.5. The number of piperazine rings is 1. The lowest BCUT2D eigenvalue weighted by molar-refractivity contribution is -0.157. The van der Waals surface area contributed by atoms with Crippen LogP contribution in [0, 0.1) is 0 Å². The van der Waals surface area contributed by atoms with Crippen molar-refractivity contribution in [3.63, 3.8) is 0 Å². The van der Waals surface area contributed by atoms with Gasteiger partial charge >= 0.3 is 0 Å². The molecule has 0 spiro atoms. The molecule has 4 heterocycles. The van der Waals surface area contributed by atoms with Crippen LogP contribution in [0.3, 0.4) is 0 Å². The lowest BCUT2D eigenvalue weighted by atomic mass is 9.86. The molecule has 7 nitrogen and oxygen atoms in total. The molecule has 2 aromatic carbocycles. The van der Waals surface area contributed by atoms with Crippen molar-refractivity contribution in [2.75, 3.05) is 20.3 Å². The maximum atomic E-state index is 13.3. The van der Waals surface area contributed by atoms with Gasteiger partial charge in [-0.2, -0.15) is 0 Å². The van der Waals surface area contributed by atoms with Gasteiger partial charge in [0.1, 0.15) is 8.78 Å². The number of ether oxygens (including phenoxy) is 2. The predicted molar refractivity (Wildman–Crippen MR) is 105 cm³/mol. The molecule has 1 aromatic heterocycles. The van der Waals surface area contributed by atoms with Crippen molar-refractivity contribution in [2.24, 2.45) is 0 Å². The molecule has 2 atom stereocenters. The monoisotopic (exact) mass is 394 g/mol. The van der Waals surface area contributed by atoms with Crippen LogP contribution in [0.1, 0.15) is 29.7 Å². The van der Waals surface area contributed by atoms with Gasteiger partial charge in [-0.15, -0.1) is 0 Å². The highest BCUT2D eigenvalue weighted by molar-refractivity contribution is 5.97. The number of carbonyl (C=O) groups excluding carboxylic acids is 2. The zero-order chi connectivity index (χ0) is 24.0. The van der Waals surface area contributed by atoms with Gasteiger partial charge in [0.15, 0.2) is 11.5 Å². The molecular weight excluding hydrogens is 370 g/mol. The first kappa shape index (κ1) is 12.2. The number of hydrogen-bond acceptors (Lipinski definition) is 4. The number of amides is 2. The molecule has 2 amide bonds. The lowest BCUT2D eigenvalue weighted by Crippen LogP contribution is -2.62. The van der Waals surface area contributed by atoms with Crippen LogP contribution in [0.25, 0.3) is 10.9 Å². The summed E-state index contributed by atoms with van der Waals surface area (Å²) in [7, 11) is 0. The summed E-state index contributed by atoms with van der Waals surface area (Å²) in [4.78, 5) is 32.2.